The number of carbonyl (C=O) groups excluding carboxylic acids is 1. The fourth-order valence-corrected chi connectivity index (χ4v) is 3.91. The number of pyridine rings is 1. The number of aromatic nitrogens is 3. The molecule has 1 fully saturated rings. The molecule has 0 aliphatic carbocycles. The van der Waals surface area contributed by atoms with E-state index < -0.39 is 0 Å². The van der Waals surface area contributed by atoms with E-state index in [1.165, 1.54) is 0 Å². The van der Waals surface area contributed by atoms with Crippen molar-refractivity contribution in [3.05, 3.63) is 57.0 Å². The number of nitrogens with one attached hydrogen (secondary N) is 2. The molecule has 0 bridgehead atoms. The van der Waals surface area contributed by atoms with Crippen molar-refractivity contribution in [3.63, 3.8) is 0 Å². The number of carbonyl (C=O) groups is 1. The Morgan fingerprint density at radius 2 is 2.17 bits per heavy atom. The maximum atomic E-state index is 12.9. The molecule has 1 amide bonds. The summed E-state index contributed by atoms with van der Waals surface area (Å²) >= 11 is 0. The van der Waals surface area contributed by atoms with Crippen molar-refractivity contribution >= 4 is 16.9 Å². The zero-order chi connectivity index (χ0) is 21.3. The lowest BCUT2D eigenvalue weighted by molar-refractivity contribution is 0.0670. The number of nitrogens with zero attached hydrogens (tertiary/aromatic N) is 2. The first-order valence-electron chi connectivity index (χ1n) is 10.1. The third-order valence-electron chi connectivity index (χ3n) is 5.58. The number of rotatable bonds is 6. The number of aromatic amines is 1. The summed E-state index contributed by atoms with van der Waals surface area (Å²) in [5.74, 6) is 0.297. The van der Waals surface area contributed by atoms with Crippen LogP contribution in [0.25, 0.3) is 11.0 Å². The van der Waals surface area contributed by atoms with E-state index >= 15 is 0 Å². The van der Waals surface area contributed by atoms with E-state index in [0.29, 0.717) is 29.0 Å². The van der Waals surface area contributed by atoms with E-state index in [0.717, 1.165) is 36.3 Å². The van der Waals surface area contributed by atoms with E-state index in [-0.39, 0.29) is 24.1 Å². The highest BCUT2D eigenvalue weighted by Crippen LogP contribution is 2.22. The summed E-state index contributed by atoms with van der Waals surface area (Å²) in [6.45, 7) is 5.22. The van der Waals surface area contributed by atoms with Crippen LogP contribution < -0.4 is 15.6 Å². The van der Waals surface area contributed by atoms with Crippen LogP contribution in [0.2, 0.25) is 0 Å². The van der Waals surface area contributed by atoms with Crippen LogP contribution in [-0.2, 0) is 18.3 Å². The Labute approximate surface area is 174 Å². The van der Waals surface area contributed by atoms with Gasteiger partial charge in [-0.2, -0.15) is 0 Å². The van der Waals surface area contributed by atoms with Gasteiger partial charge in [-0.1, -0.05) is 12.1 Å². The molecule has 0 radical (unpaired) electrons. The second-order valence-corrected chi connectivity index (χ2v) is 7.62. The molecule has 30 heavy (non-hydrogen) atoms. The van der Waals surface area contributed by atoms with Crippen LogP contribution in [0.4, 0.5) is 0 Å². The fraction of sp³-hybridized carbons (Fsp3) is 0.409. The maximum absolute atomic E-state index is 12.9. The summed E-state index contributed by atoms with van der Waals surface area (Å²) in [5.41, 5.74) is 3.33. The number of ether oxygens (including phenoxy) is 2. The molecular formula is C22H26N4O4. The molecule has 0 spiro atoms. The summed E-state index contributed by atoms with van der Waals surface area (Å²) in [5, 5.41) is 6.23. The maximum Gasteiger partial charge on any atom is 0.273 e. The van der Waals surface area contributed by atoms with Crippen LogP contribution >= 0.6 is 0 Å². The summed E-state index contributed by atoms with van der Waals surface area (Å²) in [4.78, 5) is 29.7. The lowest BCUT2D eigenvalue weighted by Crippen LogP contribution is -2.25. The van der Waals surface area contributed by atoms with E-state index in [2.05, 4.69) is 15.4 Å². The van der Waals surface area contributed by atoms with Crippen molar-refractivity contribution in [2.45, 2.75) is 39.3 Å². The fourth-order valence-electron chi connectivity index (χ4n) is 3.91. The van der Waals surface area contributed by atoms with E-state index in [1.807, 2.05) is 26.0 Å². The molecule has 1 aromatic carbocycles. The monoisotopic (exact) mass is 410 g/mol. The van der Waals surface area contributed by atoms with Crippen LogP contribution in [0, 0.1) is 13.8 Å². The van der Waals surface area contributed by atoms with Gasteiger partial charge in [0.05, 0.1) is 17.1 Å². The second kappa shape index (κ2) is 8.31. The molecule has 8 heteroatoms. The van der Waals surface area contributed by atoms with Gasteiger partial charge in [0.25, 0.3) is 11.5 Å². The number of benzene rings is 1. The Kier molecular flexibility index (Phi) is 5.59. The van der Waals surface area contributed by atoms with Gasteiger partial charge in [0.2, 0.25) is 0 Å². The van der Waals surface area contributed by atoms with Crippen LogP contribution in [0.15, 0.2) is 29.1 Å². The summed E-state index contributed by atoms with van der Waals surface area (Å²) in [6.07, 6.45) is 2.09. The van der Waals surface area contributed by atoms with Gasteiger partial charge in [0, 0.05) is 25.9 Å². The average molecular weight is 410 g/mol. The lowest BCUT2D eigenvalue weighted by atomic mass is 10.0. The van der Waals surface area contributed by atoms with Crippen molar-refractivity contribution in [1.29, 1.82) is 0 Å². The largest absolute Gasteiger partial charge is 0.490 e. The first kappa shape index (κ1) is 20.2. The molecule has 1 saturated heterocycles. The van der Waals surface area contributed by atoms with Gasteiger partial charge in [0.1, 0.15) is 12.4 Å². The highest BCUT2D eigenvalue weighted by molar-refractivity contribution is 5.97. The Morgan fingerprint density at radius 1 is 1.37 bits per heavy atom. The van der Waals surface area contributed by atoms with Crippen molar-refractivity contribution in [2.75, 3.05) is 13.2 Å². The predicted octanol–water partition coefficient (Wildman–Crippen LogP) is 2.37. The van der Waals surface area contributed by atoms with Gasteiger partial charge in [-0.3, -0.25) is 19.4 Å². The van der Waals surface area contributed by atoms with E-state index in [9.17, 15) is 9.59 Å². The molecule has 8 nitrogen and oxygen atoms in total. The third kappa shape index (κ3) is 3.82. The minimum absolute atomic E-state index is 0.0770. The average Bonchev–Trinajstić information content (AvgIpc) is 3.34. The van der Waals surface area contributed by atoms with Gasteiger partial charge < -0.3 is 14.8 Å². The summed E-state index contributed by atoms with van der Waals surface area (Å²) in [7, 11) is 1.75. The molecular weight excluding hydrogens is 384 g/mol. The molecule has 3 aromatic rings. The van der Waals surface area contributed by atoms with Crippen LogP contribution in [0.3, 0.4) is 0 Å². The lowest BCUT2D eigenvalue weighted by Gasteiger charge is -2.15. The minimum Gasteiger partial charge on any atom is -0.490 e. The normalized spacial score (nSPS) is 16.2. The van der Waals surface area contributed by atoms with Crippen molar-refractivity contribution in [1.82, 2.24) is 20.1 Å². The van der Waals surface area contributed by atoms with Crippen LogP contribution in [0.5, 0.6) is 5.75 Å². The van der Waals surface area contributed by atoms with Gasteiger partial charge in [-0.05, 0) is 49.9 Å². The van der Waals surface area contributed by atoms with Gasteiger partial charge in [0.15, 0.2) is 5.65 Å². The molecule has 3 heterocycles. The molecule has 158 valence electrons. The Hall–Kier alpha value is -3.13. The number of aryl methyl sites for hydroxylation is 3. The van der Waals surface area contributed by atoms with Crippen LogP contribution in [0.1, 0.15) is 40.0 Å². The molecule has 0 saturated carbocycles. The highest BCUT2D eigenvalue weighted by atomic mass is 16.5. The molecule has 0 unspecified atom stereocenters. The number of hydrogen-bond donors (Lipinski definition) is 2. The molecule has 2 aromatic heterocycles. The van der Waals surface area contributed by atoms with E-state index in [4.69, 9.17) is 9.47 Å². The Morgan fingerprint density at radius 3 is 2.93 bits per heavy atom. The zero-order valence-corrected chi connectivity index (χ0v) is 17.4. The predicted molar refractivity (Wildman–Crippen MR) is 113 cm³/mol. The van der Waals surface area contributed by atoms with E-state index in [1.54, 1.807) is 23.9 Å². The molecule has 2 N–H and O–H groups in total. The summed E-state index contributed by atoms with van der Waals surface area (Å²) < 4.78 is 13.1. The quantitative estimate of drug-likeness (QED) is 0.650. The zero-order valence-electron chi connectivity index (χ0n) is 17.4. The topological polar surface area (TPSA) is 98.2 Å². The van der Waals surface area contributed by atoms with Crippen molar-refractivity contribution in [3.8, 4) is 5.75 Å². The molecule has 1 aliphatic rings. The molecule has 4 rings (SSSR count). The number of H-pyrrole nitrogens is 1. The first-order chi connectivity index (χ1) is 14.5. The molecule has 1 aliphatic heterocycles. The second-order valence-electron chi connectivity index (χ2n) is 7.62. The number of para-hydroxylation sites is 1. The van der Waals surface area contributed by atoms with Gasteiger partial charge in [-0.25, -0.2) is 4.98 Å². The first-order valence-corrected chi connectivity index (χ1v) is 10.1. The minimum atomic E-state index is -0.237. The standard InChI is InChI=1S/C22H26N4O4/c1-13-17(14(2)24-20-19(13)22(28)25-26(20)3)11-23-21(27)16-8-4-5-9-18(16)30-12-15-7-6-10-29-15/h4-5,8-9,15H,6-7,10-12H2,1-3H3,(H,23,27)(H,25,28)/t15-/m1/s1. The number of fused-ring (bicyclic) bond motifs is 1. The Balaban J connectivity index is 1.51. The van der Waals surface area contributed by atoms with Gasteiger partial charge >= 0.3 is 0 Å². The molecule has 1 atom stereocenters. The SMILES string of the molecule is Cc1nc2c(c(C)c1CNC(=O)c1ccccc1OC[C@H]1CCCO1)c(=O)[nH]n2C. The highest BCUT2D eigenvalue weighted by Gasteiger charge is 2.19. The summed E-state index contributed by atoms with van der Waals surface area (Å²) in [6, 6.07) is 7.18. The van der Waals surface area contributed by atoms with Gasteiger partial charge in [-0.15, -0.1) is 0 Å². The smallest absolute Gasteiger partial charge is 0.273 e. The van der Waals surface area contributed by atoms with Crippen molar-refractivity contribution < 1.29 is 14.3 Å². The Bertz CT molecular complexity index is 1140. The van der Waals surface area contributed by atoms with Crippen LogP contribution in [-0.4, -0.2) is 40.0 Å². The number of hydrogen-bond acceptors (Lipinski definition) is 5. The van der Waals surface area contributed by atoms with Crippen molar-refractivity contribution in [2.24, 2.45) is 7.05 Å². The number of amides is 1. The third-order valence-corrected chi connectivity index (χ3v) is 5.58.